The molecule has 0 bridgehead atoms. The standard InChI is InChI=1S/C15H21BrClNO2/c1-3-4-11(7-8-16)10-18-15(19)13-9-12(17)5-6-14(13)20-2/h5-6,9,11H,3-4,7-8,10H2,1-2H3,(H,18,19). The van der Waals surface area contributed by atoms with E-state index in [-0.39, 0.29) is 5.91 Å². The molecule has 0 aliphatic heterocycles. The average Bonchev–Trinajstić information content (AvgIpc) is 2.45. The van der Waals surface area contributed by atoms with Crippen molar-refractivity contribution >= 4 is 33.4 Å². The summed E-state index contributed by atoms with van der Waals surface area (Å²) in [5, 5.41) is 4.45. The van der Waals surface area contributed by atoms with E-state index in [0.29, 0.717) is 28.8 Å². The number of ether oxygens (including phenoxy) is 1. The molecule has 0 aliphatic rings. The fourth-order valence-corrected chi connectivity index (χ4v) is 2.92. The van der Waals surface area contributed by atoms with Gasteiger partial charge >= 0.3 is 0 Å². The Labute approximate surface area is 134 Å². The maximum absolute atomic E-state index is 12.2. The summed E-state index contributed by atoms with van der Waals surface area (Å²) in [4.78, 5) is 12.2. The van der Waals surface area contributed by atoms with E-state index >= 15 is 0 Å². The zero-order valence-electron chi connectivity index (χ0n) is 11.9. The number of carbonyl (C=O) groups excluding carboxylic acids is 1. The number of carbonyl (C=O) groups is 1. The molecule has 3 nitrogen and oxygen atoms in total. The fourth-order valence-electron chi connectivity index (χ4n) is 2.10. The minimum Gasteiger partial charge on any atom is -0.496 e. The smallest absolute Gasteiger partial charge is 0.255 e. The molecule has 0 heterocycles. The van der Waals surface area contributed by atoms with Gasteiger partial charge in [0.2, 0.25) is 0 Å². The lowest BCUT2D eigenvalue weighted by atomic mass is 10.0. The Kier molecular flexibility index (Phi) is 8.00. The zero-order valence-corrected chi connectivity index (χ0v) is 14.3. The Bertz CT molecular complexity index is 434. The Morgan fingerprint density at radius 2 is 2.20 bits per heavy atom. The van der Waals surface area contributed by atoms with Crippen LogP contribution in [0.25, 0.3) is 0 Å². The van der Waals surface area contributed by atoms with Crippen LogP contribution in [0.4, 0.5) is 0 Å². The molecule has 112 valence electrons. The van der Waals surface area contributed by atoms with Crippen LogP contribution in [-0.2, 0) is 0 Å². The molecule has 5 heteroatoms. The first kappa shape index (κ1) is 17.3. The van der Waals surface area contributed by atoms with Gasteiger partial charge in [0.25, 0.3) is 5.91 Å². The van der Waals surface area contributed by atoms with Gasteiger partial charge in [0.1, 0.15) is 5.75 Å². The van der Waals surface area contributed by atoms with Gasteiger partial charge in [0.15, 0.2) is 0 Å². The first-order chi connectivity index (χ1) is 9.62. The highest BCUT2D eigenvalue weighted by atomic mass is 79.9. The van der Waals surface area contributed by atoms with Crippen LogP contribution >= 0.6 is 27.5 Å². The number of hydrogen-bond donors (Lipinski definition) is 1. The van der Waals surface area contributed by atoms with Gasteiger partial charge in [-0.2, -0.15) is 0 Å². The molecule has 0 fully saturated rings. The van der Waals surface area contributed by atoms with Gasteiger partial charge < -0.3 is 10.1 Å². The van der Waals surface area contributed by atoms with Gasteiger partial charge in [0.05, 0.1) is 12.7 Å². The summed E-state index contributed by atoms with van der Waals surface area (Å²) < 4.78 is 5.20. The molecular weight excluding hydrogens is 342 g/mol. The molecule has 1 N–H and O–H groups in total. The van der Waals surface area contributed by atoms with Gasteiger partial charge in [0, 0.05) is 16.9 Å². The SMILES string of the molecule is CCCC(CCBr)CNC(=O)c1cc(Cl)ccc1OC. The zero-order chi connectivity index (χ0) is 15.0. The minimum atomic E-state index is -0.139. The first-order valence-electron chi connectivity index (χ1n) is 6.80. The highest BCUT2D eigenvalue weighted by molar-refractivity contribution is 9.09. The maximum atomic E-state index is 12.2. The van der Waals surface area contributed by atoms with Crippen LogP contribution in [-0.4, -0.2) is 24.9 Å². The largest absolute Gasteiger partial charge is 0.496 e. The number of methoxy groups -OCH3 is 1. The summed E-state index contributed by atoms with van der Waals surface area (Å²) in [6.07, 6.45) is 3.29. The summed E-state index contributed by atoms with van der Waals surface area (Å²) in [5.74, 6) is 0.896. The second kappa shape index (κ2) is 9.24. The molecule has 0 aliphatic carbocycles. The van der Waals surface area contributed by atoms with Gasteiger partial charge in [-0.1, -0.05) is 40.9 Å². The lowest BCUT2D eigenvalue weighted by molar-refractivity contribution is 0.0943. The number of hydrogen-bond acceptors (Lipinski definition) is 2. The number of rotatable bonds is 8. The summed E-state index contributed by atoms with van der Waals surface area (Å²) in [6.45, 7) is 2.83. The Morgan fingerprint density at radius 1 is 1.45 bits per heavy atom. The summed E-state index contributed by atoms with van der Waals surface area (Å²) in [7, 11) is 1.55. The van der Waals surface area contributed by atoms with E-state index in [4.69, 9.17) is 16.3 Å². The number of amides is 1. The molecule has 0 saturated heterocycles. The Balaban J connectivity index is 2.68. The molecule has 1 rings (SSSR count). The van der Waals surface area contributed by atoms with Crippen molar-refractivity contribution < 1.29 is 9.53 Å². The second-order valence-electron chi connectivity index (χ2n) is 4.69. The molecule has 0 radical (unpaired) electrons. The first-order valence-corrected chi connectivity index (χ1v) is 8.30. The highest BCUT2D eigenvalue weighted by Crippen LogP contribution is 2.22. The van der Waals surface area contributed by atoms with Crippen LogP contribution < -0.4 is 10.1 Å². The molecule has 1 unspecified atom stereocenters. The van der Waals surface area contributed by atoms with E-state index in [2.05, 4.69) is 28.2 Å². The van der Waals surface area contributed by atoms with E-state index < -0.39 is 0 Å². The average molecular weight is 363 g/mol. The number of alkyl halides is 1. The van der Waals surface area contributed by atoms with Crippen LogP contribution in [0.15, 0.2) is 18.2 Å². The monoisotopic (exact) mass is 361 g/mol. The fraction of sp³-hybridized carbons (Fsp3) is 0.533. The second-order valence-corrected chi connectivity index (χ2v) is 5.92. The van der Waals surface area contributed by atoms with Crippen molar-refractivity contribution in [3.8, 4) is 5.75 Å². The third kappa shape index (κ3) is 5.33. The van der Waals surface area contributed by atoms with Gasteiger partial charge in [-0.25, -0.2) is 0 Å². The van der Waals surface area contributed by atoms with E-state index in [0.717, 1.165) is 24.6 Å². The minimum absolute atomic E-state index is 0.139. The third-order valence-corrected chi connectivity index (χ3v) is 3.86. The number of halogens is 2. The van der Waals surface area contributed by atoms with Crippen molar-refractivity contribution in [1.82, 2.24) is 5.32 Å². The van der Waals surface area contributed by atoms with Crippen LogP contribution in [0, 0.1) is 5.92 Å². The highest BCUT2D eigenvalue weighted by Gasteiger charge is 2.14. The Morgan fingerprint density at radius 3 is 2.80 bits per heavy atom. The van der Waals surface area contributed by atoms with Crippen LogP contribution in [0.3, 0.4) is 0 Å². The molecule has 1 amide bonds. The summed E-state index contributed by atoms with van der Waals surface area (Å²) in [6, 6.07) is 5.05. The lowest BCUT2D eigenvalue weighted by Crippen LogP contribution is -2.29. The number of benzene rings is 1. The molecule has 20 heavy (non-hydrogen) atoms. The van der Waals surface area contributed by atoms with Gasteiger partial charge in [-0.3, -0.25) is 4.79 Å². The van der Waals surface area contributed by atoms with Crippen molar-refractivity contribution in [2.24, 2.45) is 5.92 Å². The third-order valence-electron chi connectivity index (χ3n) is 3.17. The van der Waals surface area contributed by atoms with Gasteiger partial charge in [-0.05, 0) is 37.0 Å². The maximum Gasteiger partial charge on any atom is 0.255 e. The van der Waals surface area contributed by atoms with Gasteiger partial charge in [-0.15, -0.1) is 0 Å². The molecule has 1 aromatic rings. The Hall–Kier alpha value is -0.740. The van der Waals surface area contributed by atoms with Crippen molar-refractivity contribution in [3.63, 3.8) is 0 Å². The number of nitrogens with one attached hydrogen (secondary N) is 1. The molecule has 1 atom stereocenters. The molecule has 0 aromatic heterocycles. The van der Waals surface area contributed by atoms with Crippen molar-refractivity contribution in [2.45, 2.75) is 26.2 Å². The summed E-state index contributed by atoms with van der Waals surface area (Å²) >= 11 is 9.39. The van der Waals surface area contributed by atoms with Crippen LogP contribution in [0.1, 0.15) is 36.5 Å². The predicted octanol–water partition coefficient (Wildman–Crippen LogP) is 4.28. The molecule has 1 aromatic carbocycles. The molecular formula is C15H21BrClNO2. The lowest BCUT2D eigenvalue weighted by Gasteiger charge is -2.16. The van der Waals surface area contributed by atoms with Crippen LogP contribution in [0.5, 0.6) is 5.75 Å². The van der Waals surface area contributed by atoms with E-state index in [1.54, 1.807) is 25.3 Å². The van der Waals surface area contributed by atoms with Crippen molar-refractivity contribution in [2.75, 3.05) is 19.0 Å². The topological polar surface area (TPSA) is 38.3 Å². The van der Waals surface area contributed by atoms with Crippen molar-refractivity contribution in [1.29, 1.82) is 0 Å². The summed E-state index contributed by atoms with van der Waals surface area (Å²) in [5.41, 5.74) is 0.481. The van der Waals surface area contributed by atoms with E-state index in [1.807, 2.05) is 0 Å². The van der Waals surface area contributed by atoms with E-state index in [9.17, 15) is 4.79 Å². The molecule has 0 spiro atoms. The van der Waals surface area contributed by atoms with Crippen LogP contribution in [0.2, 0.25) is 5.02 Å². The molecule has 0 saturated carbocycles. The predicted molar refractivity (Wildman–Crippen MR) is 87.1 cm³/mol. The van der Waals surface area contributed by atoms with E-state index in [1.165, 1.54) is 0 Å². The normalized spacial score (nSPS) is 12.0. The van der Waals surface area contributed by atoms with Crippen molar-refractivity contribution in [3.05, 3.63) is 28.8 Å². The quantitative estimate of drug-likeness (QED) is 0.701.